The third-order valence-electron chi connectivity index (χ3n) is 10.2. The van der Waals surface area contributed by atoms with Crippen LogP contribution in [0.15, 0.2) is 46.5 Å². The summed E-state index contributed by atoms with van der Waals surface area (Å²) in [5, 5.41) is 11.4. The SMILES string of the molecule is CC1(C)C(=O)C=C[C@@]2(C)C1=C(O)C(=O)[C@]1(C)[C@@H]2CC[C@@]2(C)C(c3ccoc3)CC3O[C@]321. The maximum absolute atomic E-state index is 14.0. The molecule has 0 aromatic carbocycles. The predicted octanol–water partition coefficient (Wildman–Crippen LogP) is 4.89. The Labute approximate surface area is 182 Å². The molecule has 31 heavy (non-hydrogen) atoms. The van der Waals surface area contributed by atoms with Gasteiger partial charge in [-0.25, -0.2) is 0 Å². The minimum atomic E-state index is -0.901. The predicted molar refractivity (Wildman–Crippen MR) is 113 cm³/mol. The highest BCUT2D eigenvalue weighted by Crippen LogP contribution is 2.81. The van der Waals surface area contributed by atoms with Gasteiger partial charge in [-0.05, 0) is 75.1 Å². The molecule has 5 nitrogen and oxygen atoms in total. The van der Waals surface area contributed by atoms with Gasteiger partial charge >= 0.3 is 0 Å². The fourth-order valence-corrected chi connectivity index (χ4v) is 8.78. The lowest BCUT2D eigenvalue weighted by atomic mass is 9.39. The number of ether oxygens (including phenoxy) is 1. The zero-order chi connectivity index (χ0) is 22.2. The standard InChI is InChI=1S/C26H30O5/c1-22(2)17(27)7-9-23(3)16-6-10-24(4)15(14-8-11-30-13-14)12-18-26(24,31-18)25(16,5)21(29)19(28)20(22)23/h7-9,11,13,15-16,18,28H,6,10,12H2,1-5H3/t15?,16-,18?,23-,24+,25+,26-/m1/s1. The number of furan rings is 1. The first-order valence-corrected chi connectivity index (χ1v) is 11.4. The molecule has 2 heterocycles. The van der Waals surface area contributed by atoms with E-state index in [1.54, 1.807) is 12.3 Å². The average molecular weight is 423 g/mol. The number of aliphatic hydroxyl groups is 1. The van der Waals surface area contributed by atoms with Gasteiger partial charge in [0.2, 0.25) is 5.78 Å². The van der Waals surface area contributed by atoms with Crippen molar-refractivity contribution < 1.29 is 23.8 Å². The molecular weight excluding hydrogens is 392 g/mol. The molecule has 1 aromatic rings. The summed E-state index contributed by atoms with van der Waals surface area (Å²) in [6.45, 7) is 10.0. The minimum Gasteiger partial charge on any atom is -0.504 e. The summed E-state index contributed by atoms with van der Waals surface area (Å²) in [6.07, 6.45) is 9.76. The van der Waals surface area contributed by atoms with E-state index >= 15 is 0 Å². The minimum absolute atomic E-state index is 0.00527. The Morgan fingerprint density at radius 1 is 1.13 bits per heavy atom. The van der Waals surface area contributed by atoms with Crippen molar-refractivity contribution in [3.05, 3.63) is 47.6 Å². The third-order valence-corrected chi connectivity index (χ3v) is 10.2. The molecule has 5 aliphatic rings. The first-order valence-electron chi connectivity index (χ1n) is 11.4. The smallest absolute Gasteiger partial charge is 0.206 e. The van der Waals surface area contributed by atoms with Gasteiger partial charge in [0.25, 0.3) is 0 Å². The molecule has 1 aromatic heterocycles. The maximum Gasteiger partial charge on any atom is 0.206 e. The van der Waals surface area contributed by atoms with E-state index in [1.165, 1.54) is 5.56 Å². The van der Waals surface area contributed by atoms with Crippen LogP contribution in [-0.4, -0.2) is 28.4 Å². The van der Waals surface area contributed by atoms with E-state index in [9.17, 15) is 14.7 Å². The summed E-state index contributed by atoms with van der Waals surface area (Å²) >= 11 is 0. The van der Waals surface area contributed by atoms with Gasteiger partial charge in [0.15, 0.2) is 11.5 Å². The van der Waals surface area contributed by atoms with Crippen molar-refractivity contribution in [3.8, 4) is 0 Å². The largest absolute Gasteiger partial charge is 0.504 e. The van der Waals surface area contributed by atoms with Gasteiger partial charge in [0.1, 0.15) is 5.60 Å². The Morgan fingerprint density at radius 2 is 1.87 bits per heavy atom. The van der Waals surface area contributed by atoms with Crippen molar-refractivity contribution in [1.29, 1.82) is 0 Å². The molecule has 6 rings (SSSR count). The van der Waals surface area contributed by atoms with Crippen LogP contribution in [0.3, 0.4) is 0 Å². The Balaban J connectivity index is 1.57. The first-order chi connectivity index (χ1) is 14.5. The summed E-state index contributed by atoms with van der Waals surface area (Å²) < 4.78 is 11.9. The molecule has 0 amide bonds. The van der Waals surface area contributed by atoms with Gasteiger partial charge in [-0.2, -0.15) is 0 Å². The Kier molecular flexibility index (Phi) is 3.31. The van der Waals surface area contributed by atoms with Crippen LogP contribution in [0.25, 0.3) is 0 Å². The molecule has 5 heteroatoms. The molecule has 2 saturated carbocycles. The first kappa shape index (κ1) is 19.5. The molecule has 2 unspecified atom stereocenters. The number of carbonyl (C=O) groups excluding carboxylic acids is 2. The van der Waals surface area contributed by atoms with Crippen molar-refractivity contribution in [1.82, 2.24) is 0 Å². The maximum atomic E-state index is 14.0. The summed E-state index contributed by atoms with van der Waals surface area (Å²) in [5.74, 6) is -0.312. The number of rotatable bonds is 1. The second-order valence-electron chi connectivity index (χ2n) is 11.6. The highest BCUT2D eigenvalue weighted by atomic mass is 16.6. The van der Waals surface area contributed by atoms with Crippen LogP contribution in [0, 0.1) is 27.6 Å². The van der Waals surface area contributed by atoms with Crippen molar-refractivity contribution in [2.45, 2.75) is 71.5 Å². The molecule has 1 aliphatic heterocycles. The van der Waals surface area contributed by atoms with Crippen molar-refractivity contribution in [2.24, 2.45) is 27.6 Å². The van der Waals surface area contributed by atoms with Crippen LogP contribution in [-0.2, 0) is 14.3 Å². The van der Waals surface area contributed by atoms with Gasteiger partial charge < -0.3 is 14.3 Å². The number of epoxide rings is 1. The molecule has 0 radical (unpaired) electrons. The molecule has 3 fully saturated rings. The summed E-state index contributed by atoms with van der Waals surface area (Å²) in [5.41, 5.74) is -1.40. The van der Waals surface area contributed by atoms with Gasteiger partial charge in [0.05, 0.1) is 29.5 Å². The number of ketones is 2. The molecule has 4 aliphatic carbocycles. The lowest BCUT2D eigenvalue weighted by Crippen LogP contribution is -2.66. The fourth-order valence-electron chi connectivity index (χ4n) is 8.78. The van der Waals surface area contributed by atoms with Gasteiger partial charge in [0, 0.05) is 10.8 Å². The summed E-state index contributed by atoms with van der Waals surface area (Å²) in [6, 6.07) is 2.03. The number of aliphatic hydroxyl groups excluding tert-OH is 1. The quantitative estimate of drug-likeness (QED) is 0.652. The Hall–Kier alpha value is -2.14. The monoisotopic (exact) mass is 422 g/mol. The van der Waals surface area contributed by atoms with E-state index in [2.05, 4.69) is 13.8 Å². The number of allylic oxidation sites excluding steroid dienone is 4. The van der Waals surface area contributed by atoms with Crippen LogP contribution in [0.5, 0.6) is 0 Å². The molecular formula is C26H30O5. The van der Waals surface area contributed by atoms with E-state index in [4.69, 9.17) is 9.15 Å². The second kappa shape index (κ2) is 5.25. The topological polar surface area (TPSA) is 80.0 Å². The number of hydrogen-bond acceptors (Lipinski definition) is 5. The molecule has 7 atom stereocenters. The normalized spacial score (nSPS) is 49.4. The van der Waals surface area contributed by atoms with Crippen molar-refractivity contribution in [2.75, 3.05) is 0 Å². The zero-order valence-electron chi connectivity index (χ0n) is 18.8. The number of fused-ring (bicyclic) bond motifs is 3. The van der Waals surface area contributed by atoms with Gasteiger partial charge in [-0.3, -0.25) is 9.59 Å². The van der Waals surface area contributed by atoms with Crippen LogP contribution >= 0.6 is 0 Å². The van der Waals surface area contributed by atoms with E-state index in [0.29, 0.717) is 5.57 Å². The van der Waals surface area contributed by atoms with E-state index in [0.717, 1.165) is 19.3 Å². The molecule has 1 saturated heterocycles. The Bertz CT molecular complexity index is 1090. The highest BCUT2D eigenvalue weighted by molar-refractivity contribution is 6.06. The van der Waals surface area contributed by atoms with Crippen LogP contribution in [0.1, 0.15) is 65.4 Å². The highest BCUT2D eigenvalue weighted by Gasteiger charge is 2.87. The average Bonchev–Trinajstić information content (AvgIpc) is 3.07. The number of hydrogen-bond donors (Lipinski definition) is 1. The summed E-state index contributed by atoms with van der Waals surface area (Å²) in [7, 11) is 0. The van der Waals surface area contributed by atoms with Gasteiger partial charge in [-0.1, -0.05) is 19.9 Å². The van der Waals surface area contributed by atoms with Crippen molar-refractivity contribution in [3.63, 3.8) is 0 Å². The zero-order valence-corrected chi connectivity index (χ0v) is 18.8. The number of carbonyl (C=O) groups is 2. The molecule has 1 spiro atoms. The lowest BCUT2D eigenvalue weighted by Gasteiger charge is -2.62. The van der Waals surface area contributed by atoms with Crippen LogP contribution in [0.4, 0.5) is 0 Å². The lowest BCUT2D eigenvalue weighted by molar-refractivity contribution is -0.162. The Morgan fingerprint density at radius 3 is 2.55 bits per heavy atom. The number of Topliss-reactive ketones (excluding diaryl/α,β-unsaturated/α-hetero) is 1. The van der Waals surface area contributed by atoms with Crippen molar-refractivity contribution >= 4 is 11.6 Å². The second-order valence-corrected chi connectivity index (χ2v) is 11.6. The van der Waals surface area contributed by atoms with E-state index in [-0.39, 0.29) is 40.7 Å². The van der Waals surface area contributed by atoms with E-state index in [1.807, 2.05) is 39.2 Å². The molecule has 1 N–H and O–H groups in total. The van der Waals surface area contributed by atoms with Crippen LogP contribution in [0.2, 0.25) is 0 Å². The third kappa shape index (κ3) is 1.80. The van der Waals surface area contributed by atoms with Gasteiger partial charge in [-0.15, -0.1) is 0 Å². The fraction of sp³-hybridized carbons (Fsp3) is 0.615. The van der Waals surface area contributed by atoms with Crippen LogP contribution < -0.4 is 0 Å². The molecule has 164 valence electrons. The molecule has 0 bridgehead atoms. The summed E-state index contributed by atoms with van der Waals surface area (Å²) in [4.78, 5) is 26.7. The van der Waals surface area contributed by atoms with E-state index < -0.39 is 21.8 Å².